The number of carbonyl (C=O) groups excluding carboxylic acids is 2. The number of nitrogens with zero attached hydrogens (tertiary/aromatic N) is 4. The van der Waals surface area contributed by atoms with Crippen LogP contribution in [0.1, 0.15) is 48.0 Å². The Balaban J connectivity index is 1.41. The second kappa shape index (κ2) is 7.02. The molecule has 0 N–H and O–H groups in total. The van der Waals surface area contributed by atoms with E-state index in [0.29, 0.717) is 37.9 Å². The normalized spacial score (nSPS) is 18.4. The minimum Gasteiger partial charge on any atom is -0.459 e. The first-order valence-electron chi connectivity index (χ1n) is 9.26. The van der Waals surface area contributed by atoms with Crippen molar-refractivity contribution in [2.45, 2.75) is 31.7 Å². The average Bonchev–Trinajstić information content (AvgIpc) is 3.40. The van der Waals surface area contributed by atoms with E-state index in [1.54, 1.807) is 34.9 Å². The fourth-order valence-electron chi connectivity index (χ4n) is 3.37. The summed E-state index contributed by atoms with van der Waals surface area (Å²) in [6.45, 7) is 3.41. The molecule has 0 aromatic carbocycles. The van der Waals surface area contributed by atoms with E-state index in [-0.39, 0.29) is 17.4 Å². The molecule has 27 heavy (non-hydrogen) atoms. The lowest BCUT2D eigenvalue weighted by molar-refractivity contribution is -0.136. The SMILES string of the molecule is C[C@H](C(=O)N1CCN(C(=O)c2ccco2)CC1)n1nc(C2CC2)ccc1=O. The summed E-state index contributed by atoms with van der Waals surface area (Å²) in [5, 5.41) is 4.41. The van der Waals surface area contributed by atoms with Crippen LogP contribution in [0.25, 0.3) is 0 Å². The monoisotopic (exact) mass is 370 g/mol. The third-order valence-electron chi connectivity index (χ3n) is 5.18. The molecule has 1 saturated heterocycles. The quantitative estimate of drug-likeness (QED) is 0.808. The largest absolute Gasteiger partial charge is 0.459 e. The molecule has 0 bridgehead atoms. The van der Waals surface area contributed by atoms with Crippen LogP contribution in [-0.4, -0.2) is 57.6 Å². The van der Waals surface area contributed by atoms with Gasteiger partial charge in [0.15, 0.2) is 5.76 Å². The third kappa shape index (κ3) is 3.51. The van der Waals surface area contributed by atoms with Crippen LogP contribution in [0.3, 0.4) is 0 Å². The standard InChI is InChI=1S/C19H22N4O4/c1-13(23-17(24)7-6-15(20-23)14-4-5-14)18(25)21-8-10-22(11-9-21)19(26)16-3-2-12-27-16/h2-3,6-7,12-14H,4-5,8-11H2,1H3/t13-/m1/s1. The summed E-state index contributed by atoms with van der Waals surface area (Å²) in [5.41, 5.74) is 0.606. The van der Waals surface area contributed by atoms with Crippen molar-refractivity contribution in [2.75, 3.05) is 26.2 Å². The van der Waals surface area contributed by atoms with Gasteiger partial charge in [0.05, 0.1) is 12.0 Å². The zero-order chi connectivity index (χ0) is 19.0. The van der Waals surface area contributed by atoms with Crippen LogP contribution >= 0.6 is 0 Å². The maximum Gasteiger partial charge on any atom is 0.289 e. The number of aromatic nitrogens is 2. The maximum atomic E-state index is 12.9. The summed E-state index contributed by atoms with van der Waals surface area (Å²) in [4.78, 5) is 40.7. The first-order chi connectivity index (χ1) is 13.0. The molecule has 1 saturated carbocycles. The van der Waals surface area contributed by atoms with Crippen molar-refractivity contribution in [1.82, 2.24) is 19.6 Å². The molecule has 2 aromatic heterocycles. The van der Waals surface area contributed by atoms with E-state index in [9.17, 15) is 14.4 Å². The van der Waals surface area contributed by atoms with Crippen LogP contribution in [0.5, 0.6) is 0 Å². The predicted octanol–water partition coefficient (Wildman–Crippen LogP) is 1.26. The Morgan fingerprint density at radius 1 is 1.11 bits per heavy atom. The van der Waals surface area contributed by atoms with Crippen LogP contribution in [0.4, 0.5) is 0 Å². The lowest BCUT2D eigenvalue weighted by Gasteiger charge is -2.35. The van der Waals surface area contributed by atoms with Gasteiger partial charge >= 0.3 is 0 Å². The van der Waals surface area contributed by atoms with E-state index in [1.807, 2.05) is 0 Å². The van der Waals surface area contributed by atoms with E-state index in [1.165, 1.54) is 17.0 Å². The molecule has 8 heteroatoms. The predicted molar refractivity (Wildman–Crippen MR) is 96.4 cm³/mol. The molecule has 4 rings (SSSR count). The Morgan fingerprint density at radius 3 is 2.44 bits per heavy atom. The van der Waals surface area contributed by atoms with Gasteiger partial charge in [0.2, 0.25) is 5.91 Å². The van der Waals surface area contributed by atoms with E-state index in [2.05, 4.69) is 5.10 Å². The van der Waals surface area contributed by atoms with Crippen LogP contribution in [0.15, 0.2) is 39.7 Å². The van der Waals surface area contributed by atoms with Gasteiger partial charge in [-0.1, -0.05) is 0 Å². The average molecular weight is 370 g/mol. The van der Waals surface area contributed by atoms with Gasteiger partial charge in [-0.2, -0.15) is 5.10 Å². The van der Waals surface area contributed by atoms with Gasteiger partial charge in [0.25, 0.3) is 11.5 Å². The topological polar surface area (TPSA) is 88.7 Å². The zero-order valence-corrected chi connectivity index (χ0v) is 15.2. The number of carbonyl (C=O) groups is 2. The molecular formula is C19H22N4O4. The smallest absolute Gasteiger partial charge is 0.289 e. The molecule has 0 spiro atoms. The van der Waals surface area contributed by atoms with E-state index in [0.717, 1.165) is 18.5 Å². The van der Waals surface area contributed by atoms with E-state index < -0.39 is 6.04 Å². The fourth-order valence-corrected chi connectivity index (χ4v) is 3.37. The molecular weight excluding hydrogens is 348 g/mol. The van der Waals surface area contributed by atoms with E-state index >= 15 is 0 Å². The van der Waals surface area contributed by atoms with Gasteiger partial charge in [-0.25, -0.2) is 4.68 Å². The highest BCUT2D eigenvalue weighted by Gasteiger charge is 2.31. The zero-order valence-electron chi connectivity index (χ0n) is 15.2. The highest BCUT2D eigenvalue weighted by atomic mass is 16.3. The lowest BCUT2D eigenvalue weighted by Crippen LogP contribution is -2.52. The Labute approximate surface area is 156 Å². The number of hydrogen-bond acceptors (Lipinski definition) is 5. The number of furan rings is 1. The molecule has 1 atom stereocenters. The van der Waals surface area contributed by atoms with Crippen LogP contribution in [-0.2, 0) is 4.79 Å². The molecule has 2 aromatic rings. The van der Waals surface area contributed by atoms with Crippen molar-refractivity contribution >= 4 is 11.8 Å². The van der Waals surface area contributed by atoms with Gasteiger partial charge in [-0.05, 0) is 38.0 Å². The fraction of sp³-hybridized carbons (Fsp3) is 0.474. The summed E-state index contributed by atoms with van der Waals surface area (Å²) in [5.74, 6) is 0.393. The number of amides is 2. The summed E-state index contributed by atoms with van der Waals surface area (Å²) >= 11 is 0. The first kappa shape index (κ1) is 17.5. The second-order valence-electron chi connectivity index (χ2n) is 7.09. The number of rotatable bonds is 4. The van der Waals surface area contributed by atoms with E-state index in [4.69, 9.17) is 4.42 Å². The van der Waals surface area contributed by atoms with Crippen molar-refractivity contribution in [3.8, 4) is 0 Å². The third-order valence-corrected chi connectivity index (χ3v) is 5.18. The molecule has 8 nitrogen and oxygen atoms in total. The highest BCUT2D eigenvalue weighted by Crippen LogP contribution is 2.38. The van der Waals surface area contributed by atoms with Crippen LogP contribution in [0, 0.1) is 0 Å². The molecule has 1 aliphatic carbocycles. The molecule has 142 valence electrons. The summed E-state index contributed by atoms with van der Waals surface area (Å²) in [7, 11) is 0. The van der Waals surface area contributed by atoms with Crippen molar-refractivity contribution < 1.29 is 14.0 Å². The second-order valence-corrected chi connectivity index (χ2v) is 7.09. The Morgan fingerprint density at radius 2 is 1.81 bits per heavy atom. The molecule has 2 amide bonds. The highest BCUT2D eigenvalue weighted by molar-refractivity contribution is 5.91. The molecule has 3 heterocycles. The Hall–Kier alpha value is -2.90. The molecule has 0 unspecified atom stereocenters. The summed E-state index contributed by atoms with van der Waals surface area (Å²) < 4.78 is 6.44. The van der Waals surface area contributed by atoms with Gasteiger partial charge in [-0.15, -0.1) is 0 Å². The summed E-state index contributed by atoms with van der Waals surface area (Å²) in [6.07, 6.45) is 3.63. The van der Waals surface area contributed by atoms with Crippen LogP contribution < -0.4 is 5.56 Å². The molecule has 0 radical (unpaired) electrons. The molecule has 2 fully saturated rings. The number of piperazine rings is 1. The minimum absolute atomic E-state index is 0.150. The first-order valence-corrected chi connectivity index (χ1v) is 9.26. The maximum absolute atomic E-state index is 12.9. The molecule has 1 aliphatic heterocycles. The van der Waals surface area contributed by atoms with Gasteiger partial charge in [0.1, 0.15) is 6.04 Å². The number of hydrogen-bond donors (Lipinski definition) is 0. The Kier molecular flexibility index (Phi) is 4.55. The molecule has 2 aliphatic rings. The van der Waals surface area contributed by atoms with Gasteiger partial charge in [-0.3, -0.25) is 14.4 Å². The van der Waals surface area contributed by atoms with Crippen molar-refractivity contribution in [1.29, 1.82) is 0 Å². The summed E-state index contributed by atoms with van der Waals surface area (Å²) in [6, 6.07) is 5.89. The van der Waals surface area contributed by atoms with Crippen molar-refractivity contribution in [2.24, 2.45) is 0 Å². The van der Waals surface area contributed by atoms with Crippen LogP contribution in [0.2, 0.25) is 0 Å². The van der Waals surface area contributed by atoms with Crippen molar-refractivity contribution in [3.63, 3.8) is 0 Å². The van der Waals surface area contributed by atoms with Crippen molar-refractivity contribution in [3.05, 3.63) is 52.3 Å². The van der Waals surface area contributed by atoms with Gasteiger partial charge < -0.3 is 14.2 Å². The minimum atomic E-state index is -0.663. The Bertz CT molecular complexity index is 893. The lowest BCUT2D eigenvalue weighted by atomic mass is 10.2. The van der Waals surface area contributed by atoms with Gasteiger partial charge in [0, 0.05) is 38.2 Å².